The molecule has 0 amide bonds. The molecule has 0 saturated carbocycles. The summed E-state index contributed by atoms with van der Waals surface area (Å²) in [6.07, 6.45) is 1.83. The number of para-hydroxylation sites is 1. The molecule has 2 heterocycles. The average Bonchev–Trinajstić information content (AvgIpc) is 3.49. The molecule has 0 spiro atoms. The van der Waals surface area contributed by atoms with Crippen LogP contribution in [-0.4, -0.2) is 4.98 Å². The number of benzene rings is 7. The van der Waals surface area contributed by atoms with E-state index in [2.05, 4.69) is 168 Å². The highest BCUT2D eigenvalue weighted by atomic mass is 16.3. The molecule has 7 aromatic carbocycles. The van der Waals surface area contributed by atoms with Crippen LogP contribution in [0.5, 0.6) is 0 Å². The van der Waals surface area contributed by atoms with Crippen molar-refractivity contribution < 1.29 is 4.42 Å². The second kappa shape index (κ2) is 10.8. The Morgan fingerprint density at radius 3 is 2.07 bits per heavy atom. The molecule has 0 unspecified atom stereocenters. The molecule has 2 aromatic heterocycles. The van der Waals surface area contributed by atoms with E-state index in [1.54, 1.807) is 0 Å². The predicted molar refractivity (Wildman–Crippen MR) is 192 cm³/mol. The number of fused-ring (bicyclic) bond motifs is 5. The van der Waals surface area contributed by atoms with Gasteiger partial charge in [0.1, 0.15) is 11.2 Å². The lowest BCUT2D eigenvalue weighted by Crippen LogP contribution is -2.11. The molecule has 0 N–H and O–H groups in total. The summed E-state index contributed by atoms with van der Waals surface area (Å²) < 4.78 is 6.51. The van der Waals surface area contributed by atoms with Gasteiger partial charge >= 0.3 is 0 Å². The van der Waals surface area contributed by atoms with Gasteiger partial charge in [-0.2, -0.15) is 0 Å². The van der Waals surface area contributed by atoms with Crippen molar-refractivity contribution in [2.45, 2.75) is 0 Å². The number of hydrogen-bond acceptors (Lipinski definition) is 3. The number of aromatic nitrogens is 1. The van der Waals surface area contributed by atoms with Crippen LogP contribution in [0.4, 0.5) is 17.1 Å². The fourth-order valence-corrected chi connectivity index (χ4v) is 6.76. The molecule has 46 heavy (non-hydrogen) atoms. The van der Waals surface area contributed by atoms with E-state index in [1.807, 2.05) is 12.3 Å². The number of rotatable bonds is 5. The van der Waals surface area contributed by atoms with E-state index in [9.17, 15) is 0 Å². The van der Waals surface area contributed by atoms with Gasteiger partial charge in [0.2, 0.25) is 0 Å². The van der Waals surface area contributed by atoms with Crippen LogP contribution in [0.3, 0.4) is 0 Å². The zero-order valence-corrected chi connectivity index (χ0v) is 25.0. The van der Waals surface area contributed by atoms with E-state index >= 15 is 0 Å². The summed E-state index contributed by atoms with van der Waals surface area (Å²) in [4.78, 5) is 6.97. The SMILES string of the molecule is c1ccc(-c2ccc(N(c3ccccc3-c3cccc4ccccc34)c3cccc4oc5cc6ncccc6cc5c34)cc2)cc1. The third-order valence-corrected chi connectivity index (χ3v) is 8.90. The largest absolute Gasteiger partial charge is 0.456 e. The molecule has 0 aliphatic carbocycles. The van der Waals surface area contributed by atoms with E-state index in [4.69, 9.17) is 4.42 Å². The number of anilines is 3. The third kappa shape index (κ3) is 4.33. The van der Waals surface area contributed by atoms with Crippen LogP contribution < -0.4 is 4.90 Å². The highest BCUT2D eigenvalue weighted by molar-refractivity contribution is 6.16. The summed E-state index contributed by atoms with van der Waals surface area (Å²) in [5, 5.41) is 5.67. The zero-order chi connectivity index (χ0) is 30.5. The van der Waals surface area contributed by atoms with Gasteiger partial charge in [-0.25, -0.2) is 0 Å². The van der Waals surface area contributed by atoms with Gasteiger partial charge < -0.3 is 9.32 Å². The Morgan fingerprint density at radius 2 is 1.15 bits per heavy atom. The summed E-state index contributed by atoms with van der Waals surface area (Å²) in [7, 11) is 0. The second-order valence-electron chi connectivity index (χ2n) is 11.6. The summed E-state index contributed by atoms with van der Waals surface area (Å²) in [6.45, 7) is 0. The van der Waals surface area contributed by atoms with Crippen LogP contribution in [0.2, 0.25) is 0 Å². The van der Waals surface area contributed by atoms with Crippen LogP contribution >= 0.6 is 0 Å². The van der Waals surface area contributed by atoms with Crippen molar-refractivity contribution in [2.75, 3.05) is 4.90 Å². The molecule has 0 aliphatic rings. The minimum Gasteiger partial charge on any atom is -0.456 e. The molecular formula is C43H28N2O. The molecule has 3 nitrogen and oxygen atoms in total. The molecular weight excluding hydrogens is 560 g/mol. The summed E-state index contributed by atoms with van der Waals surface area (Å²) in [5.74, 6) is 0. The van der Waals surface area contributed by atoms with Gasteiger partial charge in [0.15, 0.2) is 0 Å². The number of nitrogens with zero attached hydrogens (tertiary/aromatic N) is 2. The molecule has 3 heteroatoms. The minimum absolute atomic E-state index is 0.829. The fourth-order valence-electron chi connectivity index (χ4n) is 6.76. The first-order chi connectivity index (χ1) is 22.8. The Labute approximate surface area is 266 Å². The quantitative estimate of drug-likeness (QED) is 0.200. The Kier molecular flexibility index (Phi) is 6.14. The van der Waals surface area contributed by atoms with Gasteiger partial charge in [-0.1, -0.05) is 115 Å². The maximum Gasteiger partial charge on any atom is 0.137 e. The molecule has 9 aromatic rings. The lowest BCUT2D eigenvalue weighted by Gasteiger charge is -2.29. The van der Waals surface area contributed by atoms with Gasteiger partial charge in [-0.15, -0.1) is 0 Å². The first-order valence-corrected chi connectivity index (χ1v) is 15.5. The highest BCUT2D eigenvalue weighted by Crippen LogP contribution is 2.47. The van der Waals surface area contributed by atoms with Crippen molar-refractivity contribution >= 4 is 60.7 Å². The molecule has 9 rings (SSSR count). The van der Waals surface area contributed by atoms with Crippen LogP contribution in [0.15, 0.2) is 174 Å². The molecule has 0 aliphatic heterocycles. The van der Waals surface area contributed by atoms with Gasteiger partial charge in [0.25, 0.3) is 0 Å². The smallest absolute Gasteiger partial charge is 0.137 e. The molecule has 216 valence electrons. The average molecular weight is 589 g/mol. The van der Waals surface area contributed by atoms with E-state index in [-0.39, 0.29) is 0 Å². The standard InChI is InChI=1S/C43H28N2O/c1-2-11-29(12-3-1)30-22-24-33(25-23-30)45(39-19-7-6-17-36(39)35-18-8-14-31-13-4-5-16-34(31)35)40-20-9-21-41-43(40)37-27-32-15-10-26-44-38(32)28-42(37)46-41/h1-28H. The van der Waals surface area contributed by atoms with Crippen molar-refractivity contribution in [3.8, 4) is 22.3 Å². The molecule has 0 atom stereocenters. The number of hydrogen-bond donors (Lipinski definition) is 0. The van der Waals surface area contributed by atoms with Gasteiger partial charge in [0, 0.05) is 34.3 Å². The molecule has 0 fully saturated rings. The first-order valence-electron chi connectivity index (χ1n) is 15.5. The van der Waals surface area contributed by atoms with Gasteiger partial charge in [0.05, 0.1) is 22.3 Å². The fraction of sp³-hybridized carbons (Fsp3) is 0. The third-order valence-electron chi connectivity index (χ3n) is 8.90. The maximum atomic E-state index is 6.51. The van der Waals surface area contributed by atoms with Crippen molar-refractivity contribution in [1.82, 2.24) is 4.98 Å². The van der Waals surface area contributed by atoms with Crippen LogP contribution in [0.1, 0.15) is 0 Å². The van der Waals surface area contributed by atoms with Crippen molar-refractivity contribution in [3.05, 3.63) is 170 Å². The van der Waals surface area contributed by atoms with E-state index < -0.39 is 0 Å². The highest BCUT2D eigenvalue weighted by Gasteiger charge is 2.22. The van der Waals surface area contributed by atoms with Crippen LogP contribution in [0.25, 0.3) is 65.9 Å². The van der Waals surface area contributed by atoms with E-state index in [0.29, 0.717) is 0 Å². The molecule has 0 radical (unpaired) electrons. The van der Waals surface area contributed by atoms with Gasteiger partial charge in [-0.3, -0.25) is 4.98 Å². The Balaban J connectivity index is 1.33. The zero-order valence-electron chi connectivity index (χ0n) is 25.0. The predicted octanol–water partition coefficient (Wildman–Crippen LogP) is 12.1. The summed E-state index contributed by atoms with van der Waals surface area (Å²) >= 11 is 0. The summed E-state index contributed by atoms with van der Waals surface area (Å²) in [6, 6.07) is 58.0. The summed E-state index contributed by atoms with van der Waals surface area (Å²) in [5.41, 5.74) is 10.5. The van der Waals surface area contributed by atoms with Crippen LogP contribution in [-0.2, 0) is 0 Å². The van der Waals surface area contributed by atoms with Crippen molar-refractivity contribution in [3.63, 3.8) is 0 Å². The van der Waals surface area contributed by atoms with Crippen LogP contribution in [0, 0.1) is 0 Å². The lowest BCUT2D eigenvalue weighted by molar-refractivity contribution is 0.669. The Hall–Kier alpha value is -6.19. The lowest BCUT2D eigenvalue weighted by atomic mass is 9.95. The monoisotopic (exact) mass is 588 g/mol. The van der Waals surface area contributed by atoms with E-state index in [0.717, 1.165) is 55.5 Å². The topological polar surface area (TPSA) is 29.3 Å². The Bertz CT molecular complexity index is 2530. The Morgan fingerprint density at radius 1 is 0.457 bits per heavy atom. The second-order valence-corrected chi connectivity index (χ2v) is 11.6. The first kappa shape index (κ1) is 26.2. The van der Waals surface area contributed by atoms with E-state index in [1.165, 1.54) is 27.5 Å². The van der Waals surface area contributed by atoms with Crippen molar-refractivity contribution in [1.29, 1.82) is 0 Å². The molecule has 0 saturated heterocycles. The minimum atomic E-state index is 0.829. The number of furan rings is 1. The maximum absolute atomic E-state index is 6.51. The number of pyridine rings is 1. The van der Waals surface area contributed by atoms with Gasteiger partial charge in [-0.05, 0) is 69.9 Å². The molecule has 0 bridgehead atoms. The normalized spacial score (nSPS) is 11.5. The van der Waals surface area contributed by atoms with Crippen molar-refractivity contribution in [2.24, 2.45) is 0 Å².